The molecule has 2 N–H and O–H groups in total. The van der Waals surface area contributed by atoms with Gasteiger partial charge < -0.3 is 10.2 Å². The predicted molar refractivity (Wildman–Crippen MR) is 89.2 cm³/mol. The highest BCUT2D eigenvalue weighted by molar-refractivity contribution is 7.89. The van der Waals surface area contributed by atoms with Gasteiger partial charge in [-0.05, 0) is 70.6 Å². The lowest BCUT2D eigenvalue weighted by Gasteiger charge is -2.28. The summed E-state index contributed by atoms with van der Waals surface area (Å²) in [6.07, 6.45) is 2.18. The number of hydrogen-bond donors (Lipinski definition) is 2. The third-order valence-electron chi connectivity index (χ3n) is 4.12. The fourth-order valence-corrected chi connectivity index (χ4v) is 4.17. The van der Waals surface area contributed by atoms with E-state index in [-0.39, 0.29) is 6.04 Å². The van der Waals surface area contributed by atoms with Crippen LogP contribution >= 0.6 is 0 Å². The molecule has 2 unspecified atom stereocenters. The molecule has 0 bridgehead atoms. The number of nitrogens with zero attached hydrogens (tertiary/aromatic N) is 1. The topological polar surface area (TPSA) is 61.4 Å². The second-order valence-electron chi connectivity index (χ2n) is 6.40. The van der Waals surface area contributed by atoms with Crippen LogP contribution in [0.3, 0.4) is 0 Å². The Kier molecular flexibility index (Phi) is 5.97. The van der Waals surface area contributed by atoms with Crippen LogP contribution in [0.2, 0.25) is 0 Å². The minimum Gasteiger partial charge on any atom is -0.316 e. The third-order valence-corrected chi connectivity index (χ3v) is 5.69. The van der Waals surface area contributed by atoms with Gasteiger partial charge in [0.15, 0.2) is 0 Å². The Hall–Kier alpha value is -0.950. The van der Waals surface area contributed by atoms with Crippen LogP contribution in [0.1, 0.15) is 25.3 Å². The molecule has 22 heavy (non-hydrogen) atoms. The zero-order chi connectivity index (χ0) is 16.2. The molecule has 1 aliphatic rings. The Bertz CT molecular complexity index is 564. The lowest BCUT2D eigenvalue weighted by molar-refractivity contribution is 0.320. The van der Waals surface area contributed by atoms with Crippen molar-refractivity contribution in [2.24, 2.45) is 5.92 Å². The van der Waals surface area contributed by atoms with Gasteiger partial charge in [0.25, 0.3) is 0 Å². The van der Waals surface area contributed by atoms with Crippen LogP contribution in [0.5, 0.6) is 0 Å². The van der Waals surface area contributed by atoms with Crippen molar-refractivity contribution in [2.75, 3.05) is 27.2 Å². The number of benzene rings is 1. The number of sulfonamides is 1. The van der Waals surface area contributed by atoms with Gasteiger partial charge in [-0.15, -0.1) is 0 Å². The van der Waals surface area contributed by atoms with E-state index in [0.717, 1.165) is 38.0 Å². The smallest absolute Gasteiger partial charge is 0.240 e. The normalized spacial score (nSPS) is 21.0. The fraction of sp³-hybridized carbons (Fsp3) is 0.625. The average Bonchev–Trinajstić information content (AvgIpc) is 2.47. The van der Waals surface area contributed by atoms with E-state index in [1.165, 1.54) is 0 Å². The molecule has 0 aliphatic carbocycles. The van der Waals surface area contributed by atoms with Gasteiger partial charge in [-0.2, -0.15) is 0 Å². The summed E-state index contributed by atoms with van der Waals surface area (Å²) in [5.74, 6) is 0.358. The van der Waals surface area contributed by atoms with Gasteiger partial charge in [-0.1, -0.05) is 12.1 Å². The van der Waals surface area contributed by atoms with Crippen molar-refractivity contribution in [2.45, 2.75) is 37.2 Å². The molecule has 1 aromatic carbocycles. The Morgan fingerprint density at radius 3 is 2.55 bits per heavy atom. The standard InChI is InChI=1S/C16H27N3O2S/c1-13(15-5-4-10-17-11-15)18-22(20,21)16-8-6-14(7-9-16)12-19(2)3/h6-9,13,15,17-18H,4-5,10-12H2,1-3H3. The highest BCUT2D eigenvalue weighted by Crippen LogP contribution is 2.17. The van der Waals surface area contributed by atoms with Crippen LogP contribution in [0.4, 0.5) is 0 Å². The van der Waals surface area contributed by atoms with Gasteiger partial charge in [0.1, 0.15) is 0 Å². The summed E-state index contributed by atoms with van der Waals surface area (Å²) in [6, 6.07) is 7.07. The summed E-state index contributed by atoms with van der Waals surface area (Å²) >= 11 is 0. The van der Waals surface area contributed by atoms with E-state index >= 15 is 0 Å². The first-order chi connectivity index (χ1) is 10.4. The van der Waals surface area contributed by atoms with E-state index in [2.05, 4.69) is 14.9 Å². The summed E-state index contributed by atoms with van der Waals surface area (Å²) < 4.78 is 27.8. The molecule has 124 valence electrons. The zero-order valence-electron chi connectivity index (χ0n) is 13.7. The van der Waals surface area contributed by atoms with E-state index in [0.29, 0.717) is 10.8 Å². The maximum Gasteiger partial charge on any atom is 0.240 e. The molecule has 1 heterocycles. The van der Waals surface area contributed by atoms with Gasteiger partial charge in [-0.3, -0.25) is 0 Å². The zero-order valence-corrected chi connectivity index (χ0v) is 14.5. The van der Waals surface area contributed by atoms with Crippen molar-refractivity contribution in [1.82, 2.24) is 14.9 Å². The predicted octanol–water partition coefficient (Wildman–Crippen LogP) is 1.41. The second-order valence-corrected chi connectivity index (χ2v) is 8.11. The fourth-order valence-electron chi connectivity index (χ4n) is 2.85. The van der Waals surface area contributed by atoms with Crippen molar-refractivity contribution in [3.05, 3.63) is 29.8 Å². The quantitative estimate of drug-likeness (QED) is 0.830. The molecule has 2 rings (SSSR count). The van der Waals surface area contributed by atoms with Crippen LogP contribution in [0.25, 0.3) is 0 Å². The Labute approximate surface area is 134 Å². The molecule has 1 aliphatic heterocycles. The van der Waals surface area contributed by atoms with Gasteiger partial charge in [0, 0.05) is 12.6 Å². The summed E-state index contributed by atoms with van der Waals surface area (Å²) in [7, 11) is 0.539. The molecule has 0 radical (unpaired) electrons. The van der Waals surface area contributed by atoms with Crippen LogP contribution in [-0.2, 0) is 16.6 Å². The van der Waals surface area contributed by atoms with E-state index in [4.69, 9.17) is 0 Å². The van der Waals surface area contributed by atoms with Gasteiger partial charge in [-0.25, -0.2) is 13.1 Å². The summed E-state index contributed by atoms with van der Waals surface area (Å²) in [5.41, 5.74) is 1.11. The first kappa shape index (κ1) is 17.4. The SMILES string of the molecule is CC(NS(=O)(=O)c1ccc(CN(C)C)cc1)C1CCCNC1. The third kappa shape index (κ3) is 4.78. The number of hydrogen-bond acceptors (Lipinski definition) is 4. The largest absolute Gasteiger partial charge is 0.316 e. The molecule has 0 spiro atoms. The van der Waals surface area contributed by atoms with Crippen molar-refractivity contribution < 1.29 is 8.42 Å². The molecule has 1 fully saturated rings. The Balaban J connectivity index is 2.02. The molecular weight excluding hydrogens is 298 g/mol. The molecule has 6 heteroatoms. The van der Waals surface area contributed by atoms with Gasteiger partial charge in [0.05, 0.1) is 4.90 Å². The molecule has 2 atom stereocenters. The first-order valence-electron chi connectivity index (χ1n) is 7.85. The maximum absolute atomic E-state index is 12.5. The molecule has 0 saturated carbocycles. The Morgan fingerprint density at radius 2 is 2.00 bits per heavy atom. The number of rotatable bonds is 6. The lowest BCUT2D eigenvalue weighted by Crippen LogP contribution is -2.44. The molecule has 1 aromatic rings. The van der Waals surface area contributed by atoms with E-state index in [1.807, 2.05) is 33.2 Å². The highest BCUT2D eigenvalue weighted by atomic mass is 32.2. The van der Waals surface area contributed by atoms with E-state index < -0.39 is 10.0 Å². The molecule has 0 aromatic heterocycles. The summed E-state index contributed by atoms with van der Waals surface area (Å²) in [5, 5.41) is 3.33. The van der Waals surface area contributed by atoms with Crippen LogP contribution in [0.15, 0.2) is 29.2 Å². The molecular formula is C16H27N3O2S. The molecule has 5 nitrogen and oxygen atoms in total. The monoisotopic (exact) mass is 325 g/mol. The average molecular weight is 325 g/mol. The second kappa shape index (κ2) is 7.55. The highest BCUT2D eigenvalue weighted by Gasteiger charge is 2.24. The van der Waals surface area contributed by atoms with Crippen molar-refractivity contribution in [3.63, 3.8) is 0 Å². The van der Waals surface area contributed by atoms with E-state index in [1.54, 1.807) is 12.1 Å². The lowest BCUT2D eigenvalue weighted by atomic mass is 9.94. The van der Waals surface area contributed by atoms with Crippen molar-refractivity contribution in [1.29, 1.82) is 0 Å². The maximum atomic E-state index is 12.5. The van der Waals surface area contributed by atoms with Crippen LogP contribution in [0, 0.1) is 5.92 Å². The number of nitrogens with one attached hydrogen (secondary N) is 2. The van der Waals surface area contributed by atoms with Crippen LogP contribution < -0.4 is 10.0 Å². The first-order valence-corrected chi connectivity index (χ1v) is 9.33. The summed E-state index contributed by atoms with van der Waals surface area (Å²) in [6.45, 7) is 4.67. The van der Waals surface area contributed by atoms with Gasteiger partial charge >= 0.3 is 0 Å². The van der Waals surface area contributed by atoms with Crippen molar-refractivity contribution in [3.8, 4) is 0 Å². The van der Waals surface area contributed by atoms with Crippen molar-refractivity contribution >= 4 is 10.0 Å². The minimum absolute atomic E-state index is 0.0562. The molecule has 1 saturated heterocycles. The minimum atomic E-state index is -3.45. The summed E-state index contributed by atoms with van der Waals surface area (Å²) in [4.78, 5) is 2.39. The Morgan fingerprint density at radius 1 is 1.32 bits per heavy atom. The molecule has 0 amide bonds. The van der Waals surface area contributed by atoms with Crippen LogP contribution in [-0.4, -0.2) is 46.5 Å². The van der Waals surface area contributed by atoms with E-state index in [9.17, 15) is 8.42 Å². The van der Waals surface area contributed by atoms with Gasteiger partial charge in [0.2, 0.25) is 10.0 Å². The number of piperidine rings is 1.